The van der Waals surface area contributed by atoms with Crippen molar-refractivity contribution in [1.82, 2.24) is 4.90 Å². The fourth-order valence-corrected chi connectivity index (χ4v) is 3.50. The van der Waals surface area contributed by atoms with Gasteiger partial charge < -0.3 is 4.90 Å². The van der Waals surface area contributed by atoms with Crippen molar-refractivity contribution >= 4 is 21.8 Å². The molecule has 0 radical (unpaired) electrons. The molecule has 2 nitrogen and oxygen atoms in total. The number of hydrogen-bond donors (Lipinski definition) is 0. The number of fused-ring (bicyclic) bond motifs is 1. The van der Waals surface area contributed by atoms with E-state index in [0.717, 1.165) is 41.5 Å². The van der Waals surface area contributed by atoms with Gasteiger partial charge in [-0.15, -0.1) is 0 Å². The third kappa shape index (κ3) is 3.03. The van der Waals surface area contributed by atoms with E-state index in [-0.39, 0.29) is 5.91 Å². The summed E-state index contributed by atoms with van der Waals surface area (Å²) < 4.78 is 0.884. The number of hydrogen-bond acceptors (Lipinski definition) is 1. The lowest BCUT2D eigenvalue weighted by molar-refractivity contribution is 0.0762. The first-order valence-electron chi connectivity index (χ1n) is 7.27. The summed E-state index contributed by atoms with van der Waals surface area (Å²) in [5.41, 5.74) is 4.65. The van der Waals surface area contributed by atoms with E-state index in [4.69, 9.17) is 0 Å². The molecule has 0 saturated carbocycles. The minimum atomic E-state index is 0.120. The van der Waals surface area contributed by atoms with Gasteiger partial charge >= 0.3 is 0 Å². The lowest BCUT2D eigenvalue weighted by atomic mass is 10.0. The van der Waals surface area contributed by atoms with Crippen molar-refractivity contribution in [2.75, 3.05) is 13.1 Å². The second-order valence-corrected chi connectivity index (χ2v) is 6.40. The summed E-state index contributed by atoms with van der Waals surface area (Å²) in [6, 6.07) is 14.4. The van der Waals surface area contributed by atoms with Crippen molar-refractivity contribution in [3.63, 3.8) is 0 Å². The number of benzene rings is 2. The van der Waals surface area contributed by atoms with Gasteiger partial charge in [-0.3, -0.25) is 4.79 Å². The summed E-state index contributed by atoms with van der Waals surface area (Å²) in [7, 11) is 0. The Kier molecular flexibility index (Phi) is 4.11. The van der Waals surface area contributed by atoms with Crippen LogP contribution in [0.1, 0.15) is 27.0 Å². The molecule has 3 heteroatoms. The quantitative estimate of drug-likeness (QED) is 0.766. The van der Waals surface area contributed by atoms with E-state index in [2.05, 4.69) is 40.2 Å². The Hall–Kier alpha value is -1.61. The first kappa shape index (κ1) is 14.3. The van der Waals surface area contributed by atoms with Gasteiger partial charge in [0.05, 0.1) is 5.56 Å². The van der Waals surface area contributed by atoms with E-state index in [1.807, 2.05) is 30.0 Å². The third-order valence-electron chi connectivity index (χ3n) is 4.06. The van der Waals surface area contributed by atoms with Gasteiger partial charge in [0.2, 0.25) is 0 Å². The van der Waals surface area contributed by atoms with Crippen LogP contribution in [0.25, 0.3) is 0 Å². The van der Waals surface area contributed by atoms with E-state index >= 15 is 0 Å². The monoisotopic (exact) mass is 343 g/mol. The van der Waals surface area contributed by atoms with Crippen LogP contribution in [-0.2, 0) is 12.8 Å². The average molecular weight is 344 g/mol. The van der Waals surface area contributed by atoms with Crippen molar-refractivity contribution < 1.29 is 4.79 Å². The van der Waals surface area contributed by atoms with E-state index in [0.29, 0.717) is 0 Å². The van der Waals surface area contributed by atoms with Crippen LogP contribution in [0.4, 0.5) is 0 Å². The summed E-state index contributed by atoms with van der Waals surface area (Å²) >= 11 is 3.51. The fourth-order valence-electron chi connectivity index (χ4n) is 2.83. The molecule has 108 valence electrons. The second-order valence-electron chi connectivity index (χ2n) is 5.54. The Balaban J connectivity index is 1.81. The first-order chi connectivity index (χ1) is 10.1. The van der Waals surface area contributed by atoms with Gasteiger partial charge in [0.25, 0.3) is 5.91 Å². The molecule has 2 aromatic carbocycles. The van der Waals surface area contributed by atoms with E-state index in [9.17, 15) is 4.79 Å². The Morgan fingerprint density at radius 3 is 2.24 bits per heavy atom. The van der Waals surface area contributed by atoms with Gasteiger partial charge in [0.15, 0.2) is 0 Å². The molecule has 0 bridgehead atoms. The molecule has 0 aliphatic carbocycles. The van der Waals surface area contributed by atoms with Crippen LogP contribution < -0.4 is 0 Å². The number of carbonyl (C=O) groups excluding carboxylic acids is 1. The van der Waals surface area contributed by atoms with Crippen LogP contribution in [0.3, 0.4) is 0 Å². The van der Waals surface area contributed by atoms with Crippen molar-refractivity contribution in [2.45, 2.75) is 19.8 Å². The van der Waals surface area contributed by atoms with Gasteiger partial charge in [-0.05, 0) is 64.5 Å². The highest BCUT2D eigenvalue weighted by Crippen LogP contribution is 2.22. The van der Waals surface area contributed by atoms with E-state index in [1.165, 1.54) is 11.1 Å². The van der Waals surface area contributed by atoms with Gasteiger partial charge in [-0.25, -0.2) is 0 Å². The zero-order valence-electron chi connectivity index (χ0n) is 12.1. The Morgan fingerprint density at radius 1 is 1.05 bits per heavy atom. The maximum Gasteiger partial charge on any atom is 0.255 e. The molecule has 0 atom stereocenters. The van der Waals surface area contributed by atoms with Gasteiger partial charge in [-0.2, -0.15) is 0 Å². The molecule has 3 rings (SSSR count). The number of nitrogens with zero attached hydrogens (tertiary/aromatic N) is 1. The molecular weight excluding hydrogens is 326 g/mol. The second kappa shape index (κ2) is 6.02. The average Bonchev–Trinajstić information content (AvgIpc) is 2.69. The lowest BCUT2D eigenvalue weighted by Gasteiger charge is -2.21. The predicted molar refractivity (Wildman–Crippen MR) is 88.6 cm³/mol. The highest BCUT2D eigenvalue weighted by atomic mass is 79.9. The van der Waals surface area contributed by atoms with Crippen LogP contribution in [0.15, 0.2) is 46.9 Å². The molecule has 21 heavy (non-hydrogen) atoms. The van der Waals surface area contributed by atoms with Gasteiger partial charge in [0, 0.05) is 17.6 Å². The zero-order valence-corrected chi connectivity index (χ0v) is 13.7. The Morgan fingerprint density at radius 2 is 1.67 bits per heavy atom. The largest absolute Gasteiger partial charge is 0.338 e. The molecule has 0 fully saturated rings. The van der Waals surface area contributed by atoms with Crippen molar-refractivity contribution in [3.05, 3.63) is 69.2 Å². The summed E-state index contributed by atoms with van der Waals surface area (Å²) in [4.78, 5) is 14.7. The first-order valence-corrected chi connectivity index (χ1v) is 8.06. The predicted octanol–water partition coefficient (Wildman–Crippen LogP) is 4.00. The molecule has 1 aliphatic rings. The molecule has 1 aliphatic heterocycles. The molecule has 1 heterocycles. The Labute approximate surface area is 133 Å². The lowest BCUT2D eigenvalue weighted by Crippen LogP contribution is -2.33. The molecule has 2 aromatic rings. The molecule has 0 saturated heterocycles. The zero-order chi connectivity index (χ0) is 14.8. The summed E-state index contributed by atoms with van der Waals surface area (Å²) in [6.07, 6.45) is 1.87. The SMILES string of the molecule is Cc1ccc(C(=O)N2CCc3ccccc3CC2)c(Br)c1. The van der Waals surface area contributed by atoms with Crippen LogP contribution in [0.5, 0.6) is 0 Å². The number of rotatable bonds is 1. The molecule has 0 aromatic heterocycles. The molecular formula is C18H18BrNO. The highest BCUT2D eigenvalue weighted by molar-refractivity contribution is 9.10. The van der Waals surface area contributed by atoms with Crippen LogP contribution >= 0.6 is 15.9 Å². The number of amides is 1. The minimum Gasteiger partial charge on any atom is -0.338 e. The number of carbonyl (C=O) groups is 1. The van der Waals surface area contributed by atoms with Crippen LogP contribution in [0, 0.1) is 6.92 Å². The normalized spacial score (nSPS) is 14.5. The fraction of sp³-hybridized carbons (Fsp3) is 0.278. The van der Waals surface area contributed by atoms with E-state index < -0.39 is 0 Å². The number of halogens is 1. The summed E-state index contributed by atoms with van der Waals surface area (Å²) in [6.45, 7) is 3.61. The van der Waals surface area contributed by atoms with Crippen molar-refractivity contribution in [3.8, 4) is 0 Å². The van der Waals surface area contributed by atoms with Gasteiger partial charge in [0.1, 0.15) is 0 Å². The molecule has 0 unspecified atom stereocenters. The van der Waals surface area contributed by atoms with Gasteiger partial charge in [-0.1, -0.05) is 30.3 Å². The molecule has 0 N–H and O–H groups in total. The maximum atomic E-state index is 12.7. The van der Waals surface area contributed by atoms with E-state index in [1.54, 1.807) is 0 Å². The highest BCUT2D eigenvalue weighted by Gasteiger charge is 2.21. The smallest absolute Gasteiger partial charge is 0.255 e. The van der Waals surface area contributed by atoms with Crippen molar-refractivity contribution in [1.29, 1.82) is 0 Å². The van der Waals surface area contributed by atoms with Crippen molar-refractivity contribution in [2.24, 2.45) is 0 Å². The standard InChI is InChI=1S/C18H18BrNO/c1-13-6-7-16(17(19)12-13)18(21)20-10-8-14-4-2-3-5-15(14)9-11-20/h2-7,12H,8-11H2,1H3. The summed E-state index contributed by atoms with van der Waals surface area (Å²) in [5.74, 6) is 0.120. The number of aryl methyl sites for hydroxylation is 1. The Bertz CT molecular complexity index is 654. The maximum absolute atomic E-state index is 12.7. The third-order valence-corrected chi connectivity index (χ3v) is 4.72. The summed E-state index contributed by atoms with van der Waals surface area (Å²) in [5, 5.41) is 0. The van der Waals surface area contributed by atoms with Crippen LogP contribution in [-0.4, -0.2) is 23.9 Å². The van der Waals surface area contributed by atoms with Crippen LogP contribution in [0.2, 0.25) is 0 Å². The molecule has 1 amide bonds. The minimum absolute atomic E-state index is 0.120. The topological polar surface area (TPSA) is 20.3 Å². The molecule has 0 spiro atoms.